The number of nitrogens with one attached hydrogen (secondary N) is 1. The highest BCUT2D eigenvalue weighted by Crippen LogP contribution is 2.15. The number of carbonyl (C=O) groups excluding carboxylic acids is 1. The van der Waals surface area contributed by atoms with E-state index in [0.717, 1.165) is 0 Å². The van der Waals surface area contributed by atoms with Crippen LogP contribution in [0.4, 0.5) is 0 Å². The predicted molar refractivity (Wildman–Crippen MR) is 74.1 cm³/mol. The smallest absolute Gasteiger partial charge is 0.257 e. The number of hydrogen-bond donors (Lipinski definition) is 2. The van der Waals surface area contributed by atoms with E-state index in [0.29, 0.717) is 15.3 Å². The van der Waals surface area contributed by atoms with Gasteiger partial charge in [0.1, 0.15) is 5.56 Å². The summed E-state index contributed by atoms with van der Waals surface area (Å²) in [5, 5.41) is 24.1. The van der Waals surface area contributed by atoms with Gasteiger partial charge >= 0.3 is 0 Å². The Morgan fingerprint density at radius 2 is 2.05 bits per heavy atom. The van der Waals surface area contributed by atoms with E-state index in [9.17, 15) is 15.1 Å². The van der Waals surface area contributed by atoms with Gasteiger partial charge in [-0.15, -0.1) is 0 Å². The fourth-order valence-electron chi connectivity index (χ4n) is 1.68. The molecule has 0 bridgehead atoms. The highest BCUT2D eigenvalue weighted by atomic mass is 35.5. The van der Waals surface area contributed by atoms with Crippen molar-refractivity contribution in [1.82, 2.24) is 5.32 Å². The predicted octanol–water partition coefficient (Wildman–Crippen LogP) is 1.44. The lowest BCUT2D eigenvalue weighted by molar-refractivity contribution is -0.605. The Hall–Kier alpha value is -2.11. The monoisotopic (exact) mass is 292 g/mol. The van der Waals surface area contributed by atoms with E-state index < -0.39 is 12.0 Å². The van der Waals surface area contributed by atoms with E-state index in [1.165, 1.54) is 24.5 Å². The topological polar surface area (TPSA) is 76.3 Å². The van der Waals surface area contributed by atoms with Crippen LogP contribution in [0.5, 0.6) is 0 Å². The average Bonchev–Trinajstić information content (AvgIpc) is 2.45. The molecular weight excluding hydrogens is 280 g/mol. The number of rotatable bonds is 4. The van der Waals surface area contributed by atoms with Crippen LogP contribution in [-0.2, 0) is 0 Å². The summed E-state index contributed by atoms with van der Waals surface area (Å²) in [6.07, 6.45) is 1.63. The van der Waals surface area contributed by atoms with Crippen LogP contribution in [0.15, 0.2) is 48.8 Å². The molecule has 0 saturated heterocycles. The average molecular weight is 293 g/mol. The van der Waals surface area contributed by atoms with Crippen LogP contribution >= 0.6 is 11.6 Å². The fourth-order valence-corrected chi connectivity index (χ4v) is 1.81. The second-order valence-corrected chi connectivity index (χ2v) is 4.67. The SMILES string of the molecule is O=C(NC[C@@H](O)c1ccc(Cl)cc1)c1ccc[n+]([O-])c1. The molecule has 5 nitrogen and oxygen atoms in total. The third-order valence-electron chi connectivity index (χ3n) is 2.75. The quantitative estimate of drug-likeness (QED) is 0.661. The van der Waals surface area contributed by atoms with Gasteiger partial charge < -0.3 is 15.6 Å². The van der Waals surface area contributed by atoms with Crippen LogP contribution in [0.3, 0.4) is 0 Å². The molecule has 0 aliphatic rings. The first-order chi connectivity index (χ1) is 9.56. The molecule has 1 heterocycles. The molecule has 0 spiro atoms. The maximum absolute atomic E-state index is 11.8. The number of aliphatic hydroxyl groups excluding tert-OH is 1. The second-order valence-electron chi connectivity index (χ2n) is 4.23. The first-order valence-corrected chi connectivity index (χ1v) is 6.34. The van der Waals surface area contributed by atoms with E-state index in [1.807, 2.05) is 0 Å². The van der Waals surface area contributed by atoms with Crippen molar-refractivity contribution in [3.8, 4) is 0 Å². The Kier molecular flexibility index (Phi) is 4.55. The van der Waals surface area contributed by atoms with Gasteiger partial charge in [0.15, 0.2) is 12.4 Å². The van der Waals surface area contributed by atoms with Gasteiger partial charge in [0.25, 0.3) is 5.91 Å². The van der Waals surface area contributed by atoms with Gasteiger partial charge in [-0.1, -0.05) is 23.7 Å². The Labute approximate surface area is 121 Å². The first kappa shape index (κ1) is 14.3. The fraction of sp³-hybridized carbons (Fsp3) is 0.143. The van der Waals surface area contributed by atoms with Crippen molar-refractivity contribution in [2.75, 3.05) is 6.54 Å². The van der Waals surface area contributed by atoms with Crippen molar-refractivity contribution in [3.05, 3.63) is 70.1 Å². The number of pyridine rings is 1. The number of halogens is 1. The van der Waals surface area contributed by atoms with Gasteiger partial charge in [0, 0.05) is 17.6 Å². The molecule has 0 radical (unpaired) electrons. The zero-order chi connectivity index (χ0) is 14.5. The highest BCUT2D eigenvalue weighted by Gasteiger charge is 2.12. The number of benzene rings is 1. The molecule has 1 aromatic heterocycles. The van der Waals surface area contributed by atoms with E-state index in [4.69, 9.17) is 11.6 Å². The second kappa shape index (κ2) is 6.36. The summed E-state index contributed by atoms with van der Waals surface area (Å²) < 4.78 is 0.546. The molecule has 0 saturated carbocycles. The van der Waals surface area contributed by atoms with Crippen molar-refractivity contribution < 1.29 is 14.6 Å². The standard InChI is InChI=1S/C14H13ClN2O3/c15-12-5-3-10(4-6-12)13(18)8-16-14(19)11-2-1-7-17(20)9-11/h1-7,9,13,18H,8H2,(H,16,19)/t13-/m1/s1. The van der Waals surface area contributed by atoms with Crippen LogP contribution in [0.2, 0.25) is 5.02 Å². The van der Waals surface area contributed by atoms with Crippen molar-refractivity contribution in [3.63, 3.8) is 0 Å². The van der Waals surface area contributed by atoms with Crippen LogP contribution in [0, 0.1) is 5.21 Å². The molecule has 1 amide bonds. The Morgan fingerprint density at radius 3 is 2.70 bits per heavy atom. The zero-order valence-electron chi connectivity index (χ0n) is 10.5. The molecule has 104 valence electrons. The molecular formula is C14H13ClN2O3. The maximum Gasteiger partial charge on any atom is 0.257 e. The van der Waals surface area contributed by atoms with Crippen LogP contribution < -0.4 is 10.0 Å². The Morgan fingerprint density at radius 1 is 1.35 bits per heavy atom. The highest BCUT2D eigenvalue weighted by molar-refractivity contribution is 6.30. The van der Waals surface area contributed by atoms with Gasteiger partial charge in [-0.2, -0.15) is 4.73 Å². The van der Waals surface area contributed by atoms with Crippen LogP contribution in [-0.4, -0.2) is 17.6 Å². The lowest BCUT2D eigenvalue weighted by Crippen LogP contribution is -2.32. The van der Waals surface area contributed by atoms with Gasteiger partial charge in [-0.25, -0.2) is 0 Å². The lowest BCUT2D eigenvalue weighted by atomic mass is 10.1. The molecule has 0 aliphatic heterocycles. The number of aromatic nitrogens is 1. The van der Waals surface area contributed by atoms with Gasteiger partial charge in [0.2, 0.25) is 0 Å². The molecule has 6 heteroatoms. The van der Waals surface area contributed by atoms with E-state index in [1.54, 1.807) is 24.3 Å². The first-order valence-electron chi connectivity index (χ1n) is 5.97. The van der Waals surface area contributed by atoms with Crippen molar-refractivity contribution in [2.24, 2.45) is 0 Å². The summed E-state index contributed by atoms with van der Waals surface area (Å²) in [4.78, 5) is 11.8. The number of nitrogens with zero attached hydrogens (tertiary/aromatic N) is 1. The van der Waals surface area contributed by atoms with Crippen molar-refractivity contribution in [2.45, 2.75) is 6.10 Å². The molecule has 0 unspecified atom stereocenters. The van der Waals surface area contributed by atoms with Gasteiger partial charge in [-0.3, -0.25) is 4.79 Å². The Balaban J connectivity index is 1.94. The molecule has 2 aromatic rings. The Bertz CT molecular complexity index is 602. The minimum Gasteiger partial charge on any atom is -0.619 e. The van der Waals surface area contributed by atoms with Gasteiger partial charge in [0.05, 0.1) is 6.10 Å². The summed E-state index contributed by atoms with van der Waals surface area (Å²) in [7, 11) is 0. The largest absolute Gasteiger partial charge is 0.619 e. The van der Waals surface area contributed by atoms with Crippen molar-refractivity contribution in [1.29, 1.82) is 0 Å². The number of carbonyl (C=O) groups is 1. The molecule has 20 heavy (non-hydrogen) atoms. The van der Waals surface area contributed by atoms with Crippen LogP contribution in [0.25, 0.3) is 0 Å². The summed E-state index contributed by atoms with van der Waals surface area (Å²) in [5.41, 5.74) is 0.896. The lowest BCUT2D eigenvalue weighted by Gasteiger charge is -2.12. The summed E-state index contributed by atoms with van der Waals surface area (Å²) in [5.74, 6) is -0.414. The molecule has 1 aromatic carbocycles. The molecule has 1 atom stereocenters. The number of hydrogen-bond acceptors (Lipinski definition) is 3. The van der Waals surface area contributed by atoms with E-state index >= 15 is 0 Å². The number of aliphatic hydroxyl groups is 1. The summed E-state index contributed by atoms with van der Waals surface area (Å²) >= 11 is 5.76. The maximum atomic E-state index is 11.8. The third kappa shape index (κ3) is 3.69. The molecule has 2 rings (SSSR count). The summed E-state index contributed by atoms with van der Waals surface area (Å²) in [6, 6.07) is 9.72. The van der Waals surface area contributed by atoms with Crippen LogP contribution in [0.1, 0.15) is 22.0 Å². The normalized spacial score (nSPS) is 11.9. The molecule has 2 N–H and O–H groups in total. The summed E-state index contributed by atoms with van der Waals surface area (Å²) in [6.45, 7) is 0.0498. The third-order valence-corrected chi connectivity index (χ3v) is 3.00. The molecule has 0 fully saturated rings. The van der Waals surface area contributed by atoms with E-state index in [-0.39, 0.29) is 12.1 Å². The molecule has 0 aliphatic carbocycles. The minimum absolute atomic E-state index is 0.0498. The van der Waals surface area contributed by atoms with Crippen molar-refractivity contribution >= 4 is 17.5 Å². The van der Waals surface area contributed by atoms with Gasteiger partial charge in [-0.05, 0) is 23.8 Å². The minimum atomic E-state index is -0.834. The number of amides is 1. The van der Waals surface area contributed by atoms with E-state index in [2.05, 4.69) is 5.32 Å². The zero-order valence-corrected chi connectivity index (χ0v) is 11.2.